The van der Waals surface area contributed by atoms with Crippen LogP contribution in [-0.4, -0.2) is 37.1 Å². The van der Waals surface area contributed by atoms with E-state index in [1.807, 2.05) is 0 Å². The predicted octanol–water partition coefficient (Wildman–Crippen LogP) is 3.28. The Labute approximate surface area is 119 Å². The molecule has 1 unspecified atom stereocenters. The maximum absolute atomic E-state index is 3.68. The highest BCUT2D eigenvalue weighted by molar-refractivity contribution is 4.84. The van der Waals surface area contributed by atoms with Crippen LogP contribution in [0.25, 0.3) is 0 Å². The first-order valence-electron chi connectivity index (χ1n) is 8.75. The number of hydrogen-bond acceptors (Lipinski definition) is 2. The maximum Gasteiger partial charge on any atom is 0.0195 e. The van der Waals surface area contributed by atoms with Crippen molar-refractivity contribution in [1.82, 2.24) is 10.2 Å². The second-order valence-electron chi connectivity index (χ2n) is 7.58. The van der Waals surface area contributed by atoms with Gasteiger partial charge in [-0.15, -0.1) is 0 Å². The molecule has 0 aromatic rings. The second-order valence-corrected chi connectivity index (χ2v) is 7.58. The van der Waals surface area contributed by atoms with Gasteiger partial charge in [-0.1, -0.05) is 19.8 Å². The molecule has 1 heterocycles. The third-order valence-corrected chi connectivity index (χ3v) is 5.51. The van der Waals surface area contributed by atoms with E-state index in [1.54, 1.807) is 0 Å². The molecule has 0 aromatic carbocycles. The summed E-state index contributed by atoms with van der Waals surface area (Å²) in [4.78, 5) is 2.82. The van der Waals surface area contributed by atoms with Crippen molar-refractivity contribution in [3.63, 3.8) is 0 Å². The fraction of sp³-hybridized carbons (Fsp3) is 1.00. The molecule has 0 amide bonds. The van der Waals surface area contributed by atoms with Crippen LogP contribution in [0.5, 0.6) is 0 Å². The standard InChI is InChI=1S/C17H32N2/c1-14-4-6-15(7-5-14)11-19(12-16-8-9-16)13-17-3-2-10-18-17/h14-18H,2-13H2,1H3. The Morgan fingerprint density at radius 3 is 2.00 bits per heavy atom. The quantitative estimate of drug-likeness (QED) is 0.792. The summed E-state index contributed by atoms with van der Waals surface area (Å²) in [6, 6.07) is 0.793. The van der Waals surface area contributed by atoms with Crippen molar-refractivity contribution in [1.29, 1.82) is 0 Å². The van der Waals surface area contributed by atoms with Gasteiger partial charge in [0.05, 0.1) is 0 Å². The molecule has 3 aliphatic rings. The number of hydrogen-bond donors (Lipinski definition) is 1. The lowest BCUT2D eigenvalue weighted by Crippen LogP contribution is -2.41. The number of rotatable bonds is 6. The van der Waals surface area contributed by atoms with Gasteiger partial charge in [-0.25, -0.2) is 0 Å². The van der Waals surface area contributed by atoms with Gasteiger partial charge in [0.15, 0.2) is 0 Å². The summed E-state index contributed by atoms with van der Waals surface area (Å²) in [7, 11) is 0. The van der Waals surface area contributed by atoms with Crippen LogP contribution in [0.3, 0.4) is 0 Å². The van der Waals surface area contributed by atoms with E-state index in [2.05, 4.69) is 17.1 Å². The number of nitrogens with zero attached hydrogens (tertiary/aromatic N) is 1. The molecule has 2 nitrogen and oxygen atoms in total. The molecule has 3 rings (SSSR count). The van der Waals surface area contributed by atoms with Crippen LogP contribution in [-0.2, 0) is 0 Å². The van der Waals surface area contributed by atoms with Gasteiger partial charge < -0.3 is 10.2 Å². The Kier molecular flexibility index (Phi) is 4.81. The summed E-state index contributed by atoms with van der Waals surface area (Å²) in [6.07, 6.45) is 11.7. The Morgan fingerprint density at radius 2 is 1.47 bits per heavy atom. The highest BCUT2D eigenvalue weighted by atomic mass is 15.2. The number of nitrogens with one attached hydrogen (secondary N) is 1. The molecule has 0 radical (unpaired) electrons. The smallest absolute Gasteiger partial charge is 0.0195 e. The topological polar surface area (TPSA) is 15.3 Å². The van der Waals surface area contributed by atoms with Gasteiger partial charge in [0.2, 0.25) is 0 Å². The fourth-order valence-electron chi connectivity index (χ4n) is 3.99. The third kappa shape index (κ3) is 4.46. The lowest BCUT2D eigenvalue weighted by atomic mass is 9.82. The predicted molar refractivity (Wildman–Crippen MR) is 81.3 cm³/mol. The van der Waals surface area contributed by atoms with Crippen LogP contribution in [0.2, 0.25) is 0 Å². The first-order chi connectivity index (χ1) is 9.29. The minimum Gasteiger partial charge on any atom is -0.313 e. The van der Waals surface area contributed by atoms with Crippen molar-refractivity contribution < 1.29 is 0 Å². The molecule has 1 saturated heterocycles. The van der Waals surface area contributed by atoms with E-state index < -0.39 is 0 Å². The summed E-state index contributed by atoms with van der Waals surface area (Å²) < 4.78 is 0. The molecular weight excluding hydrogens is 232 g/mol. The maximum atomic E-state index is 3.68. The fourth-order valence-corrected chi connectivity index (χ4v) is 3.99. The molecule has 0 bridgehead atoms. The van der Waals surface area contributed by atoms with Crippen LogP contribution in [0, 0.1) is 17.8 Å². The molecule has 0 aromatic heterocycles. The van der Waals surface area contributed by atoms with Gasteiger partial charge in [0.25, 0.3) is 0 Å². The molecule has 1 atom stereocenters. The zero-order chi connectivity index (χ0) is 13.1. The molecule has 2 heteroatoms. The van der Waals surface area contributed by atoms with Crippen LogP contribution in [0.4, 0.5) is 0 Å². The molecule has 3 fully saturated rings. The van der Waals surface area contributed by atoms with Gasteiger partial charge in [-0.05, 0) is 62.8 Å². The Hall–Kier alpha value is -0.0800. The van der Waals surface area contributed by atoms with Gasteiger partial charge in [-0.3, -0.25) is 0 Å². The van der Waals surface area contributed by atoms with Crippen LogP contribution >= 0.6 is 0 Å². The molecule has 2 aliphatic carbocycles. The monoisotopic (exact) mass is 264 g/mol. The van der Waals surface area contributed by atoms with Crippen molar-refractivity contribution in [3.05, 3.63) is 0 Å². The van der Waals surface area contributed by atoms with E-state index in [0.717, 1.165) is 23.8 Å². The average molecular weight is 264 g/mol. The van der Waals surface area contributed by atoms with E-state index in [4.69, 9.17) is 0 Å². The minimum atomic E-state index is 0.793. The van der Waals surface area contributed by atoms with Crippen LogP contribution in [0.1, 0.15) is 58.3 Å². The van der Waals surface area contributed by atoms with Crippen molar-refractivity contribution in [2.75, 3.05) is 26.2 Å². The van der Waals surface area contributed by atoms with E-state index in [-0.39, 0.29) is 0 Å². The van der Waals surface area contributed by atoms with Crippen LogP contribution in [0.15, 0.2) is 0 Å². The summed E-state index contributed by atoms with van der Waals surface area (Å²) in [5, 5.41) is 3.68. The van der Waals surface area contributed by atoms with E-state index in [9.17, 15) is 0 Å². The normalized spacial score (nSPS) is 36.0. The Balaban J connectivity index is 1.46. The summed E-state index contributed by atoms with van der Waals surface area (Å²) in [6.45, 7) is 7.79. The van der Waals surface area contributed by atoms with Crippen molar-refractivity contribution in [2.45, 2.75) is 64.3 Å². The first kappa shape index (κ1) is 13.9. The SMILES string of the molecule is CC1CCC(CN(CC2CC2)CC2CCCN2)CC1. The largest absolute Gasteiger partial charge is 0.313 e. The van der Waals surface area contributed by atoms with Gasteiger partial charge in [0, 0.05) is 25.7 Å². The average Bonchev–Trinajstić information content (AvgIpc) is 3.06. The zero-order valence-corrected chi connectivity index (χ0v) is 12.7. The molecule has 110 valence electrons. The minimum absolute atomic E-state index is 0.793. The zero-order valence-electron chi connectivity index (χ0n) is 12.7. The van der Waals surface area contributed by atoms with Crippen molar-refractivity contribution in [3.8, 4) is 0 Å². The molecular formula is C17H32N2. The van der Waals surface area contributed by atoms with E-state index in [0.29, 0.717) is 0 Å². The molecule has 2 saturated carbocycles. The summed E-state index contributed by atoms with van der Waals surface area (Å²) in [5.74, 6) is 3.03. The Bertz CT molecular complexity index is 260. The van der Waals surface area contributed by atoms with Crippen molar-refractivity contribution >= 4 is 0 Å². The van der Waals surface area contributed by atoms with Gasteiger partial charge >= 0.3 is 0 Å². The molecule has 19 heavy (non-hydrogen) atoms. The van der Waals surface area contributed by atoms with Gasteiger partial charge in [0.1, 0.15) is 0 Å². The third-order valence-electron chi connectivity index (χ3n) is 5.51. The second kappa shape index (κ2) is 6.58. The summed E-state index contributed by atoms with van der Waals surface area (Å²) >= 11 is 0. The summed E-state index contributed by atoms with van der Waals surface area (Å²) in [5.41, 5.74) is 0. The molecule has 0 spiro atoms. The van der Waals surface area contributed by atoms with E-state index >= 15 is 0 Å². The van der Waals surface area contributed by atoms with Crippen LogP contribution < -0.4 is 5.32 Å². The highest BCUT2D eigenvalue weighted by Crippen LogP contribution is 2.32. The highest BCUT2D eigenvalue weighted by Gasteiger charge is 2.28. The first-order valence-corrected chi connectivity index (χ1v) is 8.75. The molecule has 1 aliphatic heterocycles. The Morgan fingerprint density at radius 1 is 0.842 bits per heavy atom. The van der Waals surface area contributed by atoms with E-state index in [1.165, 1.54) is 77.5 Å². The van der Waals surface area contributed by atoms with Crippen molar-refractivity contribution in [2.24, 2.45) is 17.8 Å². The lowest BCUT2D eigenvalue weighted by molar-refractivity contribution is 0.168. The lowest BCUT2D eigenvalue weighted by Gasteiger charge is -2.33. The molecule has 1 N–H and O–H groups in total. The van der Waals surface area contributed by atoms with Gasteiger partial charge in [-0.2, -0.15) is 0 Å².